The molecule has 0 rings (SSSR count). The Balaban J connectivity index is 4.37. The first-order valence-electron chi connectivity index (χ1n) is 30.4. The van der Waals surface area contributed by atoms with E-state index in [9.17, 15) is 14.4 Å². The first-order chi connectivity index (χ1) is 35.0. The van der Waals surface area contributed by atoms with Crippen molar-refractivity contribution in [1.29, 1.82) is 0 Å². The van der Waals surface area contributed by atoms with E-state index >= 15 is 0 Å². The molecule has 0 aliphatic carbocycles. The molecule has 0 spiro atoms. The number of ether oxygens (including phenoxy) is 3. The van der Waals surface area contributed by atoms with Crippen LogP contribution in [-0.2, 0) is 28.6 Å². The average Bonchev–Trinajstić information content (AvgIpc) is 3.37. The summed E-state index contributed by atoms with van der Waals surface area (Å²) in [7, 11) is 0. The summed E-state index contributed by atoms with van der Waals surface area (Å²) in [6, 6.07) is 0. The standard InChI is InChI=1S/C65H114O6/c1-4-7-10-13-16-19-22-25-28-30-31-32-33-35-38-40-43-46-49-52-55-58-64(67)70-61-62(71-65(68)59-56-53-50-47-44-41-36-27-24-21-18-15-12-9-6-3)60-69-63(66)57-54-51-48-45-42-39-37-34-29-26-23-20-17-14-11-8-5-2/h8,11,17,20-21,24-26,28-29,37,39,62H,4-7,9-10,12-16,18-19,22-23,27,30-36,38,40-61H2,1-3H3/b11-8-,20-17-,24-21-,28-25-,29-26-,39-37-/t62-/m1/s1. The molecule has 0 saturated carbocycles. The van der Waals surface area contributed by atoms with E-state index in [-0.39, 0.29) is 31.1 Å². The fraction of sp³-hybridized carbons (Fsp3) is 0.769. The van der Waals surface area contributed by atoms with Crippen molar-refractivity contribution in [3.8, 4) is 0 Å². The zero-order valence-corrected chi connectivity index (χ0v) is 47.0. The van der Waals surface area contributed by atoms with E-state index in [1.807, 2.05) is 0 Å². The summed E-state index contributed by atoms with van der Waals surface area (Å²) in [5, 5.41) is 0. The predicted molar refractivity (Wildman–Crippen MR) is 307 cm³/mol. The highest BCUT2D eigenvalue weighted by molar-refractivity contribution is 5.71. The Kier molecular flexibility index (Phi) is 56.8. The van der Waals surface area contributed by atoms with Crippen LogP contribution in [0.15, 0.2) is 72.9 Å². The molecule has 0 aromatic heterocycles. The van der Waals surface area contributed by atoms with Crippen LogP contribution in [0.2, 0.25) is 0 Å². The lowest BCUT2D eigenvalue weighted by Gasteiger charge is -2.18. The van der Waals surface area contributed by atoms with Crippen molar-refractivity contribution in [2.75, 3.05) is 13.2 Å². The molecule has 0 saturated heterocycles. The average molecular weight is 992 g/mol. The van der Waals surface area contributed by atoms with E-state index in [0.717, 1.165) is 96.3 Å². The second-order valence-corrected chi connectivity index (χ2v) is 20.2. The highest BCUT2D eigenvalue weighted by Crippen LogP contribution is 2.16. The smallest absolute Gasteiger partial charge is 0.306 e. The second-order valence-electron chi connectivity index (χ2n) is 20.2. The van der Waals surface area contributed by atoms with Gasteiger partial charge in [0.1, 0.15) is 13.2 Å². The van der Waals surface area contributed by atoms with Crippen molar-refractivity contribution in [3.63, 3.8) is 0 Å². The van der Waals surface area contributed by atoms with E-state index < -0.39 is 6.10 Å². The molecule has 0 radical (unpaired) electrons. The summed E-state index contributed by atoms with van der Waals surface area (Å²) < 4.78 is 16.9. The maximum atomic E-state index is 12.9. The number of hydrogen-bond acceptors (Lipinski definition) is 6. The normalized spacial score (nSPS) is 12.5. The van der Waals surface area contributed by atoms with Gasteiger partial charge in [0.2, 0.25) is 0 Å². The van der Waals surface area contributed by atoms with Gasteiger partial charge in [0.05, 0.1) is 0 Å². The van der Waals surface area contributed by atoms with Crippen molar-refractivity contribution < 1.29 is 28.6 Å². The SMILES string of the molecule is CC/C=C\C/C=C\C/C=C\C/C=C\CCCCCCC(=O)OC[C@H](COC(=O)CCCCCCCCCCCCC/C=C\CCCCCCCC)OC(=O)CCCCCCCCC/C=C\CCCCCC. The summed E-state index contributed by atoms with van der Waals surface area (Å²) in [5.41, 5.74) is 0. The summed E-state index contributed by atoms with van der Waals surface area (Å²) in [4.78, 5) is 38.2. The summed E-state index contributed by atoms with van der Waals surface area (Å²) in [6.45, 7) is 6.51. The molecular formula is C65H114O6. The van der Waals surface area contributed by atoms with E-state index in [1.54, 1.807) is 0 Å². The van der Waals surface area contributed by atoms with Gasteiger partial charge in [0.25, 0.3) is 0 Å². The first-order valence-corrected chi connectivity index (χ1v) is 30.4. The molecule has 0 amide bonds. The minimum Gasteiger partial charge on any atom is -0.462 e. The second kappa shape index (κ2) is 59.4. The number of unbranched alkanes of at least 4 members (excludes halogenated alkanes) is 32. The summed E-state index contributed by atoms with van der Waals surface area (Å²) in [5.74, 6) is -0.903. The maximum Gasteiger partial charge on any atom is 0.306 e. The third-order valence-electron chi connectivity index (χ3n) is 13.2. The van der Waals surface area contributed by atoms with Crippen LogP contribution in [0.3, 0.4) is 0 Å². The fourth-order valence-electron chi connectivity index (χ4n) is 8.60. The fourth-order valence-corrected chi connectivity index (χ4v) is 8.60. The first kappa shape index (κ1) is 67.8. The number of rotatable bonds is 55. The Morgan fingerprint density at radius 3 is 0.887 bits per heavy atom. The summed E-state index contributed by atoms with van der Waals surface area (Å²) in [6.07, 6.45) is 76.1. The van der Waals surface area contributed by atoms with Crippen LogP contribution >= 0.6 is 0 Å². The summed E-state index contributed by atoms with van der Waals surface area (Å²) >= 11 is 0. The van der Waals surface area contributed by atoms with E-state index in [0.29, 0.717) is 19.3 Å². The van der Waals surface area contributed by atoms with Crippen LogP contribution < -0.4 is 0 Å². The molecular weight excluding hydrogens is 877 g/mol. The third kappa shape index (κ3) is 57.6. The van der Waals surface area contributed by atoms with Crippen molar-refractivity contribution in [2.45, 2.75) is 309 Å². The lowest BCUT2D eigenvalue weighted by Crippen LogP contribution is -2.30. The Morgan fingerprint density at radius 1 is 0.296 bits per heavy atom. The van der Waals surface area contributed by atoms with Gasteiger partial charge >= 0.3 is 17.9 Å². The van der Waals surface area contributed by atoms with Crippen LogP contribution in [-0.4, -0.2) is 37.2 Å². The van der Waals surface area contributed by atoms with Gasteiger partial charge in [0.15, 0.2) is 6.10 Å². The minimum atomic E-state index is -0.789. The number of esters is 3. The van der Waals surface area contributed by atoms with Gasteiger partial charge in [-0.15, -0.1) is 0 Å². The minimum absolute atomic E-state index is 0.0842. The lowest BCUT2D eigenvalue weighted by atomic mass is 10.0. The third-order valence-corrected chi connectivity index (χ3v) is 13.2. The van der Waals surface area contributed by atoms with Crippen molar-refractivity contribution in [3.05, 3.63) is 72.9 Å². The van der Waals surface area contributed by atoms with Crippen molar-refractivity contribution in [2.24, 2.45) is 0 Å². The topological polar surface area (TPSA) is 78.9 Å². The van der Waals surface area contributed by atoms with E-state index in [2.05, 4.69) is 93.7 Å². The molecule has 0 aromatic carbocycles. The van der Waals surface area contributed by atoms with Crippen LogP contribution in [0.5, 0.6) is 0 Å². The molecule has 6 nitrogen and oxygen atoms in total. The quantitative estimate of drug-likeness (QED) is 0.0261. The molecule has 0 aliphatic heterocycles. The molecule has 0 unspecified atom stereocenters. The zero-order chi connectivity index (χ0) is 51.4. The molecule has 0 aliphatic rings. The molecule has 410 valence electrons. The highest BCUT2D eigenvalue weighted by atomic mass is 16.6. The zero-order valence-electron chi connectivity index (χ0n) is 47.0. The van der Waals surface area contributed by atoms with Crippen molar-refractivity contribution >= 4 is 17.9 Å². The van der Waals surface area contributed by atoms with Gasteiger partial charge < -0.3 is 14.2 Å². The van der Waals surface area contributed by atoms with Gasteiger partial charge in [-0.05, 0) is 109 Å². The van der Waals surface area contributed by atoms with Gasteiger partial charge in [-0.2, -0.15) is 0 Å². The molecule has 71 heavy (non-hydrogen) atoms. The van der Waals surface area contributed by atoms with Gasteiger partial charge in [-0.3, -0.25) is 14.4 Å². The predicted octanol–water partition coefficient (Wildman–Crippen LogP) is 20.5. The molecule has 0 fully saturated rings. The molecule has 0 N–H and O–H groups in total. The Bertz CT molecular complexity index is 1320. The van der Waals surface area contributed by atoms with Gasteiger partial charge in [0, 0.05) is 19.3 Å². The van der Waals surface area contributed by atoms with Gasteiger partial charge in [-0.1, -0.05) is 248 Å². The monoisotopic (exact) mass is 991 g/mol. The molecule has 1 atom stereocenters. The molecule has 0 heterocycles. The van der Waals surface area contributed by atoms with Crippen LogP contribution in [0.25, 0.3) is 0 Å². The Labute approximate surface area is 440 Å². The molecule has 6 heteroatoms. The lowest BCUT2D eigenvalue weighted by molar-refractivity contribution is -0.167. The van der Waals surface area contributed by atoms with E-state index in [1.165, 1.54) is 167 Å². The number of allylic oxidation sites excluding steroid dienone is 12. The van der Waals surface area contributed by atoms with Crippen LogP contribution in [0, 0.1) is 0 Å². The number of carbonyl (C=O) groups excluding carboxylic acids is 3. The number of hydrogen-bond donors (Lipinski definition) is 0. The largest absolute Gasteiger partial charge is 0.462 e. The Morgan fingerprint density at radius 2 is 0.549 bits per heavy atom. The Hall–Kier alpha value is -3.15. The number of carbonyl (C=O) groups is 3. The molecule has 0 bridgehead atoms. The maximum absolute atomic E-state index is 12.9. The van der Waals surface area contributed by atoms with Crippen LogP contribution in [0.4, 0.5) is 0 Å². The van der Waals surface area contributed by atoms with Gasteiger partial charge in [-0.25, -0.2) is 0 Å². The highest BCUT2D eigenvalue weighted by Gasteiger charge is 2.19. The molecule has 0 aromatic rings. The van der Waals surface area contributed by atoms with E-state index in [4.69, 9.17) is 14.2 Å². The van der Waals surface area contributed by atoms with Crippen molar-refractivity contribution in [1.82, 2.24) is 0 Å². The van der Waals surface area contributed by atoms with Crippen LogP contribution in [0.1, 0.15) is 303 Å².